The number of alkyl halides is 3. The summed E-state index contributed by atoms with van der Waals surface area (Å²) >= 11 is 5.67. The Labute approximate surface area is 282 Å². The van der Waals surface area contributed by atoms with Crippen molar-refractivity contribution in [2.75, 3.05) is 29.0 Å². The van der Waals surface area contributed by atoms with Gasteiger partial charge in [-0.15, -0.1) is 29.9 Å². The Kier molecular flexibility index (Phi) is 12.1. The maximum Gasteiger partial charge on any atom is 0.430 e. The molecule has 0 spiro atoms. The third-order valence-electron chi connectivity index (χ3n) is 8.77. The van der Waals surface area contributed by atoms with E-state index in [9.17, 15) is 18.0 Å². The van der Waals surface area contributed by atoms with Gasteiger partial charge in [0, 0.05) is 42.9 Å². The van der Waals surface area contributed by atoms with Gasteiger partial charge in [-0.25, -0.2) is 9.78 Å². The molecule has 1 saturated heterocycles. The largest absolute Gasteiger partial charge is 0.430 e. The number of nitrogens with one attached hydrogen (secondary N) is 3. The summed E-state index contributed by atoms with van der Waals surface area (Å²) in [6, 6.07) is 4.09. The number of nitrogens with two attached hydrogens (primary N) is 1. The molecule has 1 aliphatic heterocycles. The summed E-state index contributed by atoms with van der Waals surface area (Å²) in [6.45, 7) is 0.857. The predicted molar refractivity (Wildman–Crippen MR) is 176 cm³/mol. The van der Waals surface area contributed by atoms with Gasteiger partial charge in [-0.05, 0) is 69.6 Å². The van der Waals surface area contributed by atoms with Crippen LogP contribution >= 0.6 is 36.4 Å². The molecule has 2 saturated carbocycles. The van der Waals surface area contributed by atoms with E-state index in [0.717, 1.165) is 61.8 Å². The van der Waals surface area contributed by atoms with E-state index in [1.807, 2.05) is 6.33 Å². The van der Waals surface area contributed by atoms with Crippen molar-refractivity contribution < 1.29 is 22.8 Å². The maximum absolute atomic E-state index is 13.2. The molecule has 3 heterocycles. The number of carbonyl (C=O) groups excluding carboxylic acids is 1. The molecular weight excluding hydrogens is 670 g/mol. The maximum atomic E-state index is 13.2. The molecule has 5 N–H and O–H groups in total. The van der Waals surface area contributed by atoms with Crippen LogP contribution < -0.4 is 21.7 Å². The van der Waals surface area contributed by atoms with Crippen LogP contribution in [0, 0.1) is 0 Å². The minimum atomic E-state index is -4.64. The van der Waals surface area contributed by atoms with Gasteiger partial charge in [-0.3, -0.25) is 5.32 Å². The number of hydrogen-bond donors (Lipinski definition) is 4. The van der Waals surface area contributed by atoms with Crippen molar-refractivity contribution in [1.29, 1.82) is 0 Å². The zero-order chi connectivity index (χ0) is 30.8. The number of anilines is 3. The number of nitrogens with zero attached hydrogens (tertiary/aromatic N) is 5. The molecule has 0 atom stereocenters. The van der Waals surface area contributed by atoms with Crippen LogP contribution in [0.2, 0.25) is 5.02 Å². The van der Waals surface area contributed by atoms with Crippen LogP contribution in [0.25, 0.3) is 11.2 Å². The normalized spacial score (nSPS) is 21.3. The number of fused-ring (bicyclic) bond motifs is 1. The summed E-state index contributed by atoms with van der Waals surface area (Å²) in [4.78, 5) is 32.3. The predicted octanol–water partition coefficient (Wildman–Crippen LogP) is 7.18. The van der Waals surface area contributed by atoms with Gasteiger partial charge in [0.15, 0.2) is 17.0 Å². The Morgan fingerprint density at radius 3 is 2.30 bits per heavy atom. The third kappa shape index (κ3) is 8.57. The molecule has 1 amide bonds. The molecule has 2 aliphatic carbocycles. The SMILES string of the molecule is Cl.Cl.N[C@H]1CC[C@H](Nc2nc(NC3CCN(OC(=O)Nc4ccc(Cl)c(C(F)(F)F)c4)CC3)c3ncn(C4CCCC4)c3n2)CC1. The molecule has 17 heteroatoms. The van der Waals surface area contributed by atoms with Crippen LogP contribution in [0.4, 0.5) is 35.4 Å². The zero-order valence-electron chi connectivity index (χ0n) is 25.1. The van der Waals surface area contributed by atoms with Gasteiger partial charge in [0.2, 0.25) is 5.95 Å². The fourth-order valence-electron chi connectivity index (χ4n) is 6.34. The molecule has 6 rings (SSSR count). The average Bonchev–Trinajstić information content (AvgIpc) is 3.66. The molecule has 2 aromatic heterocycles. The number of amides is 1. The summed E-state index contributed by atoms with van der Waals surface area (Å²) in [5.74, 6) is 1.25. The van der Waals surface area contributed by atoms with Gasteiger partial charge in [0.25, 0.3) is 0 Å². The van der Waals surface area contributed by atoms with Crippen molar-refractivity contribution in [2.45, 2.75) is 94.6 Å². The average molecular weight is 709 g/mol. The molecule has 0 radical (unpaired) electrons. The highest BCUT2D eigenvalue weighted by Crippen LogP contribution is 2.37. The van der Waals surface area contributed by atoms with Crippen LogP contribution in [0.3, 0.4) is 0 Å². The van der Waals surface area contributed by atoms with Gasteiger partial charge >= 0.3 is 12.3 Å². The van der Waals surface area contributed by atoms with E-state index >= 15 is 0 Å². The molecular formula is C29H39Cl3F3N9O2. The summed E-state index contributed by atoms with van der Waals surface area (Å²) < 4.78 is 41.7. The van der Waals surface area contributed by atoms with Crippen molar-refractivity contribution in [2.24, 2.45) is 5.73 Å². The van der Waals surface area contributed by atoms with E-state index in [0.29, 0.717) is 43.7 Å². The first-order valence-electron chi connectivity index (χ1n) is 15.3. The summed E-state index contributed by atoms with van der Waals surface area (Å²) in [5, 5.41) is 10.5. The summed E-state index contributed by atoms with van der Waals surface area (Å²) in [7, 11) is 0. The Balaban J connectivity index is 0.00000240. The molecule has 1 aromatic carbocycles. The number of hydroxylamine groups is 2. The second kappa shape index (κ2) is 15.4. The second-order valence-corrected chi connectivity index (χ2v) is 12.4. The molecule has 46 heavy (non-hydrogen) atoms. The second-order valence-electron chi connectivity index (χ2n) is 12.0. The lowest BCUT2D eigenvalue weighted by molar-refractivity contribution is -0.137. The van der Waals surface area contributed by atoms with Gasteiger partial charge < -0.3 is 25.8 Å². The number of benzene rings is 1. The fourth-order valence-corrected chi connectivity index (χ4v) is 6.57. The van der Waals surface area contributed by atoms with Crippen molar-refractivity contribution in [3.05, 3.63) is 35.1 Å². The Morgan fingerprint density at radius 1 is 0.957 bits per heavy atom. The molecule has 3 aromatic rings. The quantitative estimate of drug-likeness (QED) is 0.201. The Morgan fingerprint density at radius 2 is 1.63 bits per heavy atom. The molecule has 11 nitrogen and oxygen atoms in total. The van der Waals surface area contributed by atoms with E-state index in [-0.39, 0.29) is 48.6 Å². The van der Waals surface area contributed by atoms with Gasteiger partial charge in [-0.2, -0.15) is 23.1 Å². The monoisotopic (exact) mass is 707 g/mol. The Bertz CT molecular complexity index is 1470. The van der Waals surface area contributed by atoms with Crippen LogP contribution in [0.5, 0.6) is 0 Å². The van der Waals surface area contributed by atoms with Crippen LogP contribution in [-0.2, 0) is 11.0 Å². The number of hydrogen-bond acceptors (Lipinski definition) is 9. The lowest BCUT2D eigenvalue weighted by atomic mass is 9.92. The topological polar surface area (TPSA) is 135 Å². The molecule has 0 unspecified atom stereocenters. The van der Waals surface area contributed by atoms with Gasteiger partial charge in [-0.1, -0.05) is 24.4 Å². The van der Waals surface area contributed by atoms with E-state index < -0.39 is 22.9 Å². The number of imidazole rings is 1. The lowest BCUT2D eigenvalue weighted by Gasteiger charge is -2.31. The standard InChI is InChI=1S/C29H37ClF3N9O2.2ClH/c30-23-10-9-20(15-22(23)29(31,32)33)38-28(43)44-41-13-11-19(12-14-41)36-25-24-26(42(16-35-24)21-3-1-2-4-21)40-27(39-25)37-18-7-5-17(34)6-8-18;;/h9-10,15-19,21H,1-8,11-14,34H2,(H,38,43)(H2,36,37,39,40);2*1H/t17-,18-;;. The zero-order valence-corrected chi connectivity index (χ0v) is 27.5. The van der Waals surface area contributed by atoms with Crippen molar-refractivity contribution in [3.8, 4) is 0 Å². The first-order valence-corrected chi connectivity index (χ1v) is 15.6. The highest BCUT2D eigenvalue weighted by molar-refractivity contribution is 6.31. The van der Waals surface area contributed by atoms with Crippen molar-refractivity contribution in [1.82, 2.24) is 24.6 Å². The number of piperidine rings is 1. The minimum Gasteiger partial charge on any atom is -0.365 e. The lowest BCUT2D eigenvalue weighted by Crippen LogP contribution is -2.41. The number of rotatable bonds is 7. The van der Waals surface area contributed by atoms with Gasteiger partial charge in [0.05, 0.1) is 16.9 Å². The number of halogens is 6. The van der Waals surface area contributed by atoms with E-state index in [4.69, 9.17) is 37.1 Å². The van der Waals surface area contributed by atoms with E-state index in [1.54, 1.807) is 0 Å². The summed E-state index contributed by atoms with van der Waals surface area (Å²) in [5.41, 5.74) is 6.56. The first kappa shape index (κ1) is 36.1. The molecule has 3 aliphatic rings. The first-order chi connectivity index (χ1) is 21.1. The van der Waals surface area contributed by atoms with Crippen LogP contribution in [0.15, 0.2) is 24.5 Å². The van der Waals surface area contributed by atoms with Crippen molar-refractivity contribution in [3.63, 3.8) is 0 Å². The highest BCUT2D eigenvalue weighted by atomic mass is 35.5. The van der Waals surface area contributed by atoms with Crippen molar-refractivity contribution >= 4 is 71.1 Å². The summed E-state index contributed by atoms with van der Waals surface area (Å²) in [6.07, 6.45) is 6.13. The number of aromatic nitrogens is 4. The Hall–Kier alpha value is -2.78. The smallest absolute Gasteiger partial charge is 0.365 e. The highest BCUT2D eigenvalue weighted by Gasteiger charge is 2.34. The molecule has 254 valence electrons. The molecule has 0 bridgehead atoms. The van der Waals surface area contributed by atoms with Crippen LogP contribution in [0.1, 0.15) is 75.8 Å². The fraction of sp³-hybridized carbons (Fsp3) is 0.586. The number of carbonyl (C=O) groups is 1. The van der Waals surface area contributed by atoms with E-state index in [1.165, 1.54) is 24.0 Å². The van der Waals surface area contributed by atoms with Gasteiger partial charge in [0.1, 0.15) is 0 Å². The van der Waals surface area contributed by atoms with E-state index in [2.05, 4.69) is 20.5 Å². The molecule has 3 fully saturated rings. The third-order valence-corrected chi connectivity index (χ3v) is 9.10. The minimum absolute atomic E-state index is 0. The van der Waals surface area contributed by atoms with Crippen LogP contribution in [-0.4, -0.2) is 61.9 Å².